The van der Waals surface area contributed by atoms with E-state index in [0.29, 0.717) is 18.7 Å². The summed E-state index contributed by atoms with van der Waals surface area (Å²) >= 11 is 0. The van der Waals surface area contributed by atoms with E-state index in [1.807, 2.05) is 0 Å². The molecule has 4 aliphatic rings. The van der Waals surface area contributed by atoms with Gasteiger partial charge in [0.15, 0.2) is 0 Å². The molecule has 24 heavy (non-hydrogen) atoms. The smallest absolute Gasteiger partial charge is 0.309 e. The van der Waals surface area contributed by atoms with Crippen molar-refractivity contribution in [3.63, 3.8) is 0 Å². The second-order valence-electron chi connectivity index (χ2n) is 8.09. The number of carbonyl (C=O) groups excluding carboxylic acids is 1. The molecule has 1 N–H and O–H groups in total. The highest BCUT2D eigenvalue weighted by Gasteiger charge is 2.51. The van der Waals surface area contributed by atoms with Crippen LogP contribution in [-0.4, -0.2) is 26.1 Å². The third kappa shape index (κ3) is 2.70. The van der Waals surface area contributed by atoms with E-state index in [4.69, 9.17) is 0 Å². The van der Waals surface area contributed by atoms with E-state index in [2.05, 4.69) is 10.4 Å². The van der Waals surface area contributed by atoms with E-state index in [1.165, 1.54) is 25.5 Å². The molecule has 4 fully saturated rings. The molecule has 4 bridgehead atoms. The first-order valence-corrected chi connectivity index (χ1v) is 8.92. The van der Waals surface area contributed by atoms with E-state index in [1.54, 1.807) is 11.6 Å². The predicted octanol–water partition coefficient (Wildman–Crippen LogP) is 2.57. The molecule has 4 saturated carbocycles. The summed E-state index contributed by atoms with van der Waals surface area (Å²) in [6.07, 6.45) is 9.04. The van der Waals surface area contributed by atoms with Gasteiger partial charge in [-0.2, -0.15) is 5.10 Å². The highest BCUT2D eigenvalue weighted by molar-refractivity contribution is 5.76. The fourth-order valence-electron chi connectivity index (χ4n) is 5.67. The van der Waals surface area contributed by atoms with Crippen LogP contribution in [0.2, 0.25) is 0 Å². The first-order chi connectivity index (χ1) is 11.4. The molecule has 0 atom stereocenters. The normalized spacial score (nSPS) is 33.6. The average molecular weight is 332 g/mol. The van der Waals surface area contributed by atoms with Crippen molar-refractivity contribution < 1.29 is 9.72 Å². The van der Waals surface area contributed by atoms with Gasteiger partial charge in [0, 0.05) is 12.0 Å². The first kappa shape index (κ1) is 15.6. The molecule has 1 heterocycles. The van der Waals surface area contributed by atoms with Crippen LogP contribution in [0.15, 0.2) is 6.20 Å². The largest absolute Gasteiger partial charge is 0.351 e. The van der Waals surface area contributed by atoms with Crippen LogP contribution < -0.4 is 5.32 Å². The molecule has 1 aromatic heterocycles. The Labute approximate surface area is 140 Å². The monoisotopic (exact) mass is 332 g/mol. The van der Waals surface area contributed by atoms with Gasteiger partial charge in [0.05, 0.1) is 11.5 Å². The van der Waals surface area contributed by atoms with E-state index in [9.17, 15) is 14.9 Å². The van der Waals surface area contributed by atoms with Gasteiger partial charge < -0.3 is 5.32 Å². The lowest BCUT2D eigenvalue weighted by Gasteiger charge is -2.56. The van der Waals surface area contributed by atoms with Gasteiger partial charge in [-0.05, 0) is 63.2 Å². The Morgan fingerprint density at radius 1 is 1.33 bits per heavy atom. The fourth-order valence-corrected chi connectivity index (χ4v) is 5.67. The lowest BCUT2D eigenvalue weighted by atomic mass is 9.53. The number of carbonyl (C=O) groups is 1. The number of nitrogens with one attached hydrogen (secondary N) is 1. The van der Waals surface area contributed by atoms with Gasteiger partial charge in [0.2, 0.25) is 5.91 Å². The van der Waals surface area contributed by atoms with Gasteiger partial charge in [-0.15, -0.1) is 0 Å². The van der Waals surface area contributed by atoms with Crippen LogP contribution in [0.3, 0.4) is 0 Å². The molecule has 0 unspecified atom stereocenters. The van der Waals surface area contributed by atoms with E-state index < -0.39 is 4.92 Å². The van der Waals surface area contributed by atoms with Crippen LogP contribution in [0.5, 0.6) is 0 Å². The van der Waals surface area contributed by atoms with Gasteiger partial charge in [-0.1, -0.05) is 0 Å². The third-order valence-electron chi connectivity index (χ3n) is 6.27. The molecule has 0 aliphatic heterocycles. The van der Waals surface area contributed by atoms with Crippen molar-refractivity contribution in [2.75, 3.05) is 0 Å². The molecule has 4 aliphatic carbocycles. The summed E-state index contributed by atoms with van der Waals surface area (Å²) in [6, 6.07) is 0. The minimum Gasteiger partial charge on any atom is -0.351 e. The number of rotatable bonds is 5. The summed E-state index contributed by atoms with van der Waals surface area (Å²) in [7, 11) is 0. The number of nitrogens with zero attached hydrogens (tertiary/aromatic N) is 3. The Kier molecular flexibility index (Phi) is 3.62. The van der Waals surface area contributed by atoms with Crippen molar-refractivity contribution in [1.82, 2.24) is 15.1 Å². The summed E-state index contributed by atoms with van der Waals surface area (Å²) < 4.78 is 1.55. The summed E-state index contributed by atoms with van der Waals surface area (Å²) in [5.74, 6) is 2.45. The topological polar surface area (TPSA) is 90.1 Å². The SMILES string of the molecule is Cc1c([N+](=O)[O-])cnn1CCC(=O)NC12CC3CC(CC(C3)C1)C2. The number of aromatic nitrogens is 2. The molecule has 0 saturated heterocycles. The number of nitro groups is 1. The minimum absolute atomic E-state index is 0.0106. The molecule has 0 spiro atoms. The van der Waals surface area contributed by atoms with Crippen LogP contribution >= 0.6 is 0 Å². The highest BCUT2D eigenvalue weighted by Crippen LogP contribution is 2.55. The number of aryl methyl sites for hydroxylation is 1. The van der Waals surface area contributed by atoms with Crippen LogP contribution in [0.25, 0.3) is 0 Å². The minimum atomic E-state index is -0.436. The van der Waals surface area contributed by atoms with Crippen molar-refractivity contribution in [2.24, 2.45) is 17.8 Å². The average Bonchev–Trinajstić information content (AvgIpc) is 2.84. The molecule has 0 radical (unpaired) electrons. The summed E-state index contributed by atoms with van der Waals surface area (Å²) in [5, 5.41) is 18.2. The van der Waals surface area contributed by atoms with Crippen molar-refractivity contribution in [3.05, 3.63) is 22.0 Å². The van der Waals surface area contributed by atoms with Gasteiger partial charge in [0.1, 0.15) is 11.9 Å². The maximum atomic E-state index is 12.5. The lowest BCUT2D eigenvalue weighted by Crippen LogP contribution is -2.59. The van der Waals surface area contributed by atoms with Gasteiger partial charge in [-0.3, -0.25) is 19.6 Å². The summed E-state index contributed by atoms with van der Waals surface area (Å²) in [5.41, 5.74) is 0.538. The van der Waals surface area contributed by atoms with Crippen molar-refractivity contribution in [2.45, 2.75) is 64.0 Å². The number of hydrogen-bond acceptors (Lipinski definition) is 4. The zero-order valence-corrected chi connectivity index (χ0v) is 14.0. The molecular weight excluding hydrogens is 308 g/mol. The number of hydrogen-bond donors (Lipinski definition) is 1. The van der Waals surface area contributed by atoms with E-state index >= 15 is 0 Å². The van der Waals surface area contributed by atoms with E-state index in [0.717, 1.165) is 37.0 Å². The molecule has 5 rings (SSSR count). The Balaban J connectivity index is 1.37. The maximum absolute atomic E-state index is 12.5. The van der Waals surface area contributed by atoms with Crippen LogP contribution in [0, 0.1) is 34.8 Å². The Bertz CT molecular complexity index is 646. The van der Waals surface area contributed by atoms with Crippen LogP contribution in [0.4, 0.5) is 5.69 Å². The van der Waals surface area contributed by atoms with Crippen molar-refractivity contribution in [3.8, 4) is 0 Å². The second-order valence-corrected chi connectivity index (χ2v) is 8.09. The fraction of sp³-hybridized carbons (Fsp3) is 0.765. The standard InChI is InChI=1S/C17H24N4O3/c1-11-15(21(23)24)10-18-20(11)3-2-16(22)19-17-7-12-4-13(8-17)6-14(5-12)9-17/h10,12-14H,2-9H2,1H3,(H,19,22). The zero-order chi connectivity index (χ0) is 16.9. The maximum Gasteiger partial charge on any atom is 0.309 e. The Morgan fingerprint density at radius 2 is 1.92 bits per heavy atom. The third-order valence-corrected chi connectivity index (χ3v) is 6.27. The van der Waals surface area contributed by atoms with Gasteiger partial charge in [0.25, 0.3) is 0 Å². The summed E-state index contributed by atoms with van der Waals surface area (Å²) in [4.78, 5) is 22.9. The zero-order valence-electron chi connectivity index (χ0n) is 14.0. The van der Waals surface area contributed by atoms with Gasteiger partial charge in [-0.25, -0.2) is 0 Å². The Morgan fingerprint density at radius 3 is 2.42 bits per heavy atom. The first-order valence-electron chi connectivity index (χ1n) is 8.92. The van der Waals surface area contributed by atoms with Crippen LogP contribution in [0.1, 0.15) is 50.6 Å². The molecular formula is C17H24N4O3. The molecule has 7 nitrogen and oxygen atoms in total. The molecule has 7 heteroatoms. The molecule has 1 amide bonds. The quantitative estimate of drug-likeness (QED) is 0.663. The molecule has 130 valence electrons. The van der Waals surface area contributed by atoms with Crippen LogP contribution in [-0.2, 0) is 11.3 Å². The summed E-state index contributed by atoms with van der Waals surface area (Å²) in [6.45, 7) is 2.06. The predicted molar refractivity (Wildman–Crippen MR) is 87.3 cm³/mol. The molecule has 0 aromatic carbocycles. The second kappa shape index (κ2) is 5.57. The van der Waals surface area contributed by atoms with Crippen molar-refractivity contribution in [1.29, 1.82) is 0 Å². The van der Waals surface area contributed by atoms with Crippen molar-refractivity contribution >= 4 is 11.6 Å². The lowest BCUT2D eigenvalue weighted by molar-refractivity contribution is -0.385. The number of amides is 1. The highest BCUT2D eigenvalue weighted by atomic mass is 16.6. The molecule has 1 aromatic rings. The van der Waals surface area contributed by atoms with Gasteiger partial charge >= 0.3 is 5.69 Å². The Hall–Kier alpha value is -1.92. The van der Waals surface area contributed by atoms with E-state index in [-0.39, 0.29) is 17.1 Å².